The van der Waals surface area contributed by atoms with Crippen molar-refractivity contribution in [2.24, 2.45) is 18.4 Å². The normalized spacial score (nSPS) is 27.1. The summed E-state index contributed by atoms with van der Waals surface area (Å²) in [5.41, 5.74) is 1.62. The Morgan fingerprint density at radius 3 is 3.17 bits per heavy atom. The van der Waals surface area contributed by atoms with Crippen LogP contribution in [0.15, 0.2) is 27.4 Å². The van der Waals surface area contributed by atoms with Gasteiger partial charge >= 0.3 is 5.76 Å². The van der Waals surface area contributed by atoms with Crippen LogP contribution >= 0.6 is 0 Å². The second-order valence-corrected chi connectivity index (χ2v) is 6.79. The average molecular weight is 315 g/mol. The molecule has 2 atom stereocenters. The summed E-state index contributed by atoms with van der Waals surface area (Å²) in [5, 5.41) is 6.43. The maximum Gasteiger partial charge on any atom is 0.419 e. The zero-order chi connectivity index (χ0) is 16.0. The predicted octanol–water partition coefficient (Wildman–Crippen LogP) is 1.85. The van der Waals surface area contributed by atoms with Crippen molar-refractivity contribution >= 4 is 22.7 Å². The van der Waals surface area contributed by atoms with Gasteiger partial charge in [-0.15, -0.1) is 0 Å². The molecule has 0 spiro atoms. The number of carbonyl (C=O) groups excluding carboxylic acids is 1. The Labute approximate surface area is 133 Å². The van der Waals surface area contributed by atoms with E-state index >= 15 is 0 Å². The monoisotopic (exact) mass is 315 g/mol. The van der Waals surface area contributed by atoms with Crippen LogP contribution in [0.25, 0.3) is 11.1 Å². The van der Waals surface area contributed by atoms with Gasteiger partial charge in [-0.1, -0.05) is 12.8 Å². The molecule has 1 aromatic carbocycles. The molecule has 1 aliphatic heterocycles. The third-order valence-electron chi connectivity index (χ3n) is 5.54. The van der Waals surface area contributed by atoms with E-state index in [2.05, 4.69) is 10.6 Å². The van der Waals surface area contributed by atoms with Crippen LogP contribution in [0.4, 0.5) is 5.69 Å². The lowest BCUT2D eigenvalue weighted by Crippen LogP contribution is -2.44. The van der Waals surface area contributed by atoms with Crippen LogP contribution < -0.4 is 16.4 Å². The molecule has 2 aliphatic rings. The molecule has 0 radical (unpaired) electrons. The number of aromatic nitrogens is 1. The van der Waals surface area contributed by atoms with E-state index in [1.807, 2.05) is 6.07 Å². The summed E-state index contributed by atoms with van der Waals surface area (Å²) in [6.07, 6.45) is 4.38. The van der Waals surface area contributed by atoms with Crippen LogP contribution in [0.5, 0.6) is 0 Å². The Morgan fingerprint density at radius 2 is 2.30 bits per heavy atom. The van der Waals surface area contributed by atoms with E-state index in [1.165, 1.54) is 11.0 Å². The number of fused-ring (bicyclic) bond motifs is 2. The molecule has 2 heterocycles. The molecule has 1 saturated carbocycles. The molecule has 1 aromatic heterocycles. The Kier molecular flexibility index (Phi) is 3.30. The molecule has 0 bridgehead atoms. The SMILES string of the molecule is Cn1c(=O)oc2cc(NC(=O)[C@@]34CCCC[C@H]3CNC4)ccc21. The van der Waals surface area contributed by atoms with Crippen molar-refractivity contribution in [3.05, 3.63) is 28.7 Å². The third kappa shape index (κ3) is 2.20. The summed E-state index contributed by atoms with van der Waals surface area (Å²) in [5.74, 6) is 0.119. The van der Waals surface area contributed by atoms with Gasteiger partial charge in [0.1, 0.15) is 0 Å². The molecule has 4 rings (SSSR count). The first kappa shape index (κ1) is 14.5. The van der Waals surface area contributed by atoms with Gasteiger partial charge in [0.15, 0.2) is 5.58 Å². The highest BCUT2D eigenvalue weighted by Gasteiger charge is 2.49. The number of carbonyl (C=O) groups is 1. The van der Waals surface area contributed by atoms with Gasteiger partial charge in [0.2, 0.25) is 5.91 Å². The first-order valence-electron chi connectivity index (χ1n) is 8.22. The lowest BCUT2D eigenvalue weighted by atomic mass is 9.67. The van der Waals surface area contributed by atoms with E-state index in [0.717, 1.165) is 37.9 Å². The molecule has 2 N–H and O–H groups in total. The Hall–Kier alpha value is -2.08. The standard InChI is InChI=1S/C17H21N3O3/c1-20-13-6-5-12(8-14(13)23-16(20)22)19-15(21)17-7-3-2-4-11(17)9-18-10-17/h5-6,8,11,18H,2-4,7,9-10H2,1H3,(H,19,21)/t11-,17+/m0/s1. The van der Waals surface area contributed by atoms with Crippen molar-refractivity contribution in [2.45, 2.75) is 25.7 Å². The van der Waals surface area contributed by atoms with Crippen LogP contribution in [0.2, 0.25) is 0 Å². The minimum Gasteiger partial charge on any atom is -0.408 e. The van der Waals surface area contributed by atoms with Crippen LogP contribution in [0.3, 0.4) is 0 Å². The highest BCUT2D eigenvalue weighted by molar-refractivity contribution is 5.97. The summed E-state index contributed by atoms with van der Waals surface area (Å²) in [7, 11) is 1.67. The zero-order valence-electron chi connectivity index (χ0n) is 13.2. The maximum atomic E-state index is 12.9. The highest BCUT2D eigenvalue weighted by atomic mass is 16.4. The van der Waals surface area contributed by atoms with Crippen molar-refractivity contribution in [3.63, 3.8) is 0 Å². The summed E-state index contributed by atoms with van der Waals surface area (Å²) in [4.78, 5) is 24.5. The number of hydrogen-bond donors (Lipinski definition) is 2. The molecular formula is C17H21N3O3. The first-order valence-corrected chi connectivity index (χ1v) is 8.22. The van der Waals surface area contributed by atoms with E-state index in [-0.39, 0.29) is 11.3 Å². The zero-order valence-corrected chi connectivity index (χ0v) is 13.2. The summed E-state index contributed by atoms with van der Waals surface area (Å²) < 4.78 is 6.65. The van der Waals surface area contributed by atoms with Gasteiger partial charge < -0.3 is 15.1 Å². The van der Waals surface area contributed by atoms with Gasteiger partial charge in [0.05, 0.1) is 10.9 Å². The van der Waals surface area contributed by atoms with Gasteiger partial charge in [-0.25, -0.2) is 4.79 Å². The quantitative estimate of drug-likeness (QED) is 0.887. The molecule has 6 nitrogen and oxygen atoms in total. The number of hydrogen-bond acceptors (Lipinski definition) is 4. The van der Waals surface area contributed by atoms with Gasteiger partial charge in [-0.05, 0) is 37.4 Å². The average Bonchev–Trinajstić information content (AvgIpc) is 3.10. The molecule has 2 fully saturated rings. The minimum absolute atomic E-state index is 0.0878. The largest absolute Gasteiger partial charge is 0.419 e. The Bertz CT molecular complexity index is 822. The van der Waals surface area contributed by atoms with E-state index in [9.17, 15) is 9.59 Å². The van der Waals surface area contributed by atoms with Gasteiger partial charge in [-0.2, -0.15) is 0 Å². The summed E-state index contributed by atoms with van der Waals surface area (Å²) in [6.45, 7) is 1.69. The number of anilines is 1. The van der Waals surface area contributed by atoms with Crippen molar-refractivity contribution in [2.75, 3.05) is 18.4 Å². The molecule has 2 aromatic rings. The van der Waals surface area contributed by atoms with Gasteiger partial charge in [-0.3, -0.25) is 9.36 Å². The van der Waals surface area contributed by atoms with Crippen LogP contribution in [-0.4, -0.2) is 23.6 Å². The van der Waals surface area contributed by atoms with E-state index in [1.54, 1.807) is 19.2 Å². The molecular weight excluding hydrogens is 294 g/mol. The lowest BCUT2D eigenvalue weighted by molar-refractivity contribution is -0.128. The summed E-state index contributed by atoms with van der Waals surface area (Å²) in [6, 6.07) is 5.36. The number of aryl methyl sites for hydroxylation is 1. The van der Waals surface area contributed by atoms with Gasteiger partial charge in [0, 0.05) is 25.3 Å². The number of nitrogens with zero attached hydrogens (tertiary/aromatic N) is 1. The molecule has 1 aliphatic carbocycles. The summed E-state index contributed by atoms with van der Waals surface area (Å²) >= 11 is 0. The van der Waals surface area contributed by atoms with Crippen molar-refractivity contribution in [3.8, 4) is 0 Å². The fourth-order valence-corrected chi connectivity index (χ4v) is 4.16. The number of amides is 1. The van der Waals surface area contributed by atoms with E-state index in [0.29, 0.717) is 17.2 Å². The number of benzene rings is 1. The van der Waals surface area contributed by atoms with Crippen molar-refractivity contribution in [1.82, 2.24) is 9.88 Å². The lowest BCUT2D eigenvalue weighted by Gasteiger charge is -2.37. The van der Waals surface area contributed by atoms with E-state index in [4.69, 9.17) is 4.42 Å². The maximum absolute atomic E-state index is 12.9. The van der Waals surface area contributed by atoms with Crippen LogP contribution in [0.1, 0.15) is 25.7 Å². The molecule has 0 unspecified atom stereocenters. The van der Waals surface area contributed by atoms with Crippen molar-refractivity contribution < 1.29 is 9.21 Å². The van der Waals surface area contributed by atoms with Gasteiger partial charge in [0.25, 0.3) is 0 Å². The number of nitrogens with one attached hydrogen (secondary N) is 2. The number of rotatable bonds is 2. The predicted molar refractivity (Wildman–Crippen MR) is 87.3 cm³/mol. The molecule has 122 valence electrons. The van der Waals surface area contributed by atoms with Crippen LogP contribution in [0, 0.1) is 11.3 Å². The fraction of sp³-hybridized carbons (Fsp3) is 0.529. The van der Waals surface area contributed by atoms with Crippen LogP contribution in [-0.2, 0) is 11.8 Å². The second-order valence-electron chi connectivity index (χ2n) is 6.79. The Morgan fingerprint density at radius 1 is 1.43 bits per heavy atom. The Balaban J connectivity index is 1.62. The number of oxazole rings is 1. The smallest absolute Gasteiger partial charge is 0.408 e. The van der Waals surface area contributed by atoms with E-state index < -0.39 is 5.76 Å². The van der Waals surface area contributed by atoms with Crippen molar-refractivity contribution in [1.29, 1.82) is 0 Å². The molecule has 6 heteroatoms. The second kappa shape index (κ2) is 5.23. The first-order chi connectivity index (χ1) is 11.1. The highest BCUT2D eigenvalue weighted by Crippen LogP contribution is 2.44. The topological polar surface area (TPSA) is 76.3 Å². The molecule has 1 saturated heterocycles. The minimum atomic E-state index is -0.394. The molecule has 1 amide bonds. The molecule has 23 heavy (non-hydrogen) atoms. The third-order valence-corrected chi connectivity index (χ3v) is 5.54. The fourth-order valence-electron chi connectivity index (χ4n) is 4.16.